The molecule has 0 spiro atoms. The molecule has 1 N–H and O–H groups in total. The first-order valence-corrected chi connectivity index (χ1v) is 13.3. The second-order valence-corrected chi connectivity index (χ2v) is 13.0. The van der Waals surface area contributed by atoms with Gasteiger partial charge in [0, 0.05) is 27.2 Å². The molecule has 2 heterocycles. The summed E-state index contributed by atoms with van der Waals surface area (Å²) in [5.74, 6) is 0. The molecule has 1 saturated heterocycles. The number of sulfonamides is 2. The van der Waals surface area contributed by atoms with Gasteiger partial charge in [0.15, 0.2) is 0 Å². The quantitative estimate of drug-likeness (QED) is 0.664. The van der Waals surface area contributed by atoms with Crippen molar-refractivity contribution in [3.63, 3.8) is 0 Å². The molecule has 0 aliphatic carbocycles. The zero-order chi connectivity index (χ0) is 22.3. The summed E-state index contributed by atoms with van der Waals surface area (Å²) >= 11 is 7.13. The number of ether oxygens (including phenoxy) is 1. The van der Waals surface area contributed by atoms with Gasteiger partial charge in [-0.25, -0.2) is 21.1 Å². The molecular weight excluding hydrogens is 470 g/mol. The number of halogens is 1. The molecule has 8 nitrogen and oxygen atoms in total. The fourth-order valence-corrected chi connectivity index (χ4v) is 7.54. The lowest BCUT2D eigenvalue weighted by atomic mass is 10.2. The van der Waals surface area contributed by atoms with E-state index >= 15 is 0 Å². The van der Waals surface area contributed by atoms with Gasteiger partial charge in [-0.1, -0.05) is 17.7 Å². The van der Waals surface area contributed by atoms with Crippen molar-refractivity contribution < 1.29 is 21.6 Å². The average molecular weight is 494 g/mol. The Labute approximate surface area is 186 Å². The Balaban J connectivity index is 1.95. The van der Waals surface area contributed by atoms with E-state index in [2.05, 4.69) is 4.72 Å². The van der Waals surface area contributed by atoms with E-state index in [9.17, 15) is 16.8 Å². The summed E-state index contributed by atoms with van der Waals surface area (Å²) < 4.78 is 59.8. The van der Waals surface area contributed by atoms with Crippen LogP contribution in [0.3, 0.4) is 0 Å². The Morgan fingerprint density at radius 1 is 1.07 bits per heavy atom. The van der Waals surface area contributed by atoms with E-state index in [1.807, 2.05) is 18.7 Å². The van der Waals surface area contributed by atoms with Crippen molar-refractivity contribution in [3.8, 4) is 0 Å². The maximum atomic E-state index is 13.0. The molecule has 1 aliphatic rings. The molecule has 1 aromatic carbocycles. The third-order valence-electron chi connectivity index (χ3n) is 4.52. The van der Waals surface area contributed by atoms with Crippen LogP contribution in [-0.4, -0.2) is 60.5 Å². The second kappa shape index (κ2) is 8.64. The van der Waals surface area contributed by atoms with Gasteiger partial charge < -0.3 is 9.64 Å². The lowest BCUT2D eigenvalue weighted by molar-refractivity contribution is -0.00516. The highest BCUT2D eigenvalue weighted by Crippen LogP contribution is 2.37. The van der Waals surface area contributed by atoms with Gasteiger partial charge >= 0.3 is 0 Å². The molecule has 1 aromatic heterocycles. The summed E-state index contributed by atoms with van der Waals surface area (Å²) in [6.45, 7) is 5.02. The van der Waals surface area contributed by atoms with Crippen LogP contribution in [0.15, 0.2) is 38.8 Å². The summed E-state index contributed by atoms with van der Waals surface area (Å²) in [5.41, 5.74) is 0.900. The average Bonchev–Trinajstić information content (AvgIpc) is 3.12. The molecule has 2 aromatic rings. The van der Waals surface area contributed by atoms with Gasteiger partial charge in [0.2, 0.25) is 0 Å². The topological polar surface area (TPSA) is 96.0 Å². The minimum absolute atomic E-state index is 0.0365. The Bertz CT molecular complexity index is 1120. The van der Waals surface area contributed by atoms with Crippen LogP contribution in [0.25, 0.3) is 0 Å². The van der Waals surface area contributed by atoms with Crippen LogP contribution in [0, 0.1) is 0 Å². The number of para-hydroxylation sites is 1. The van der Waals surface area contributed by atoms with E-state index in [1.165, 1.54) is 26.2 Å². The number of rotatable bonds is 6. The molecule has 166 valence electrons. The first kappa shape index (κ1) is 23.3. The van der Waals surface area contributed by atoms with Gasteiger partial charge in [-0.05, 0) is 38.1 Å². The van der Waals surface area contributed by atoms with Gasteiger partial charge in [0.25, 0.3) is 20.0 Å². The van der Waals surface area contributed by atoms with Crippen LogP contribution < -0.4 is 9.62 Å². The van der Waals surface area contributed by atoms with Crippen molar-refractivity contribution in [2.24, 2.45) is 0 Å². The van der Waals surface area contributed by atoms with Gasteiger partial charge in [0.1, 0.15) is 8.42 Å². The molecule has 2 unspecified atom stereocenters. The highest BCUT2D eigenvalue weighted by Gasteiger charge is 2.28. The van der Waals surface area contributed by atoms with Crippen LogP contribution in [0.1, 0.15) is 13.8 Å². The fourth-order valence-electron chi connectivity index (χ4n) is 3.24. The van der Waals surface area contributed by atoms with E-state index in [0.29, 0.717) is 40.8 Å². The summed E-state index contributed by atoms with van der Waals surface area (Å²) in [5, 5.41) is 0.415. The summed E-state index contributed by atoms with van der Waals surface area (Å²) in [6, 6.07) is 7.57. The Morgan fingerprint density at radius 3 is 2.27 bits per heavy atom. The number of anilines is 2. The fraction of sp³-hybridized carbons (Fsp3) is 0.444. The largest absolute Gasteiger partial charge is 0.372 e. The zero-order valence-electron chi connectivity index (χ0n) is 17.0. The zero-order valence-corrected chi connectivity index (χ0v) is 20.2. The van der Waals surface area contributed by atoms with Gasteiger partial charge in [-0.2, -0.15) is 0 Å². The van der Waals surface area contributed by atoms with E-state index in [1.54, 1.807) is 18.2 Å². The Hall–Kier alpha value is -1.37. The first-order chi connectivity index (χ1) is 13.9. The number of nitrogens with one attached hydrogen (secondary N) is 1. The monoisotopic (exact) mass is 493 g/mol. The van der Waals surface area contributed by atoms with Crippen LogP contribution in [0.5, 0.6) is 0 Å². The number of hydrogen-bond donors (Lipinski definition) is 1. The summed E-state index contributed by atoms with van der Waals surface area (Å²) in [4.78, 5) is 2.00. The lowest BCUT2D eigenvalue weighted by Gasteiger charge is -2.38. The Morgan fingerprint density at radius 2 is 1.67 bits per heavy atom. The lowest BCUT2D eigenvalue weighted by Crippen LogP contribution is -2.45. The van der Waals surface area contributed by atoms with E-state index < -0.39 is 20.0 Å². The van der Waals surface area contributed by atoms with Gasteiger partial charge in [-0.15, -0.1) is 11.3 Å². The molecule has 12 heteroatoms. The first-order valence-electron chi connectivity index (χ1n) is 9.16. The van der Waals surface area contributed by atoms with Gasteiger partial charge in [-0.3, -0.25) is 4.72 Å². The minimum atomic E-state index is -4.01. The van der Waals surface area contributed by atoms with Crippen molar-refractivity contribution in [2.45, 2.75) is 34.5 Å². The number of hydrogen-bond acceptors (Lipinski definition) is 7. The van der Waals surface area contributed by atoms with Gasteiger partial charge in [0.05, 0.1) is 28.6 Å². The molecule has 0 saturated carbocycles. The molecule has 0 radical (unpaired) electrons. The smallest absolute Gasteiger partial charge is 0.271 e. The molecule has 30 heavy (non-hydrogen) atoms. The van der Waals surface area contributed by atoms with Crippen molar-refractivity contribution >= 4 is 54.4 Å². The van der Waals surface area contributed by atoms with Crippen LogP contribution in [0.2, 0.25) is 5.02 Å². The van der Waals surface area contributed by atoms with Crippen LogP contribution >= 0.6 is 22.9 Å². The van der Waals surface area contributed by atoms with E-state index in [-0.39, 0.29) is 20.6 Å². The number of nitrogens with zero attached hydrogens (tertiary/aromatic N) is 2. The molecule has 2 atom stereocenters. The number of benzene rings is 1. The molecule has 1 fully saturated rings. The molecule has 0 amide bonds. The van der Waals surface area contributed by atoms with Crippen molar-refractivity contribution in [1.29, 1.82) is 0 Å². The Kier molecular flexibility index (Phi) is 6.71. The third-order valence-corrected chi connectivity index (χ3v) is 10.1. The van der Waals surface area contributed by atoms with Crippen molar-refractivity contribution in [1.82, 2.24) is 4.31 Å². The van der Waals surface area contributed by atoms with Crippen molar-refractivity contribution in [3.05, 3.63) is 35.4 Å². The third kappa shape index (κ3) is 4.76. The highest BCUT2D eigenvalue weighted by atomic mass is 35.5. The highest BCUT2D eigenvalue weighted by molar-refractivity contribution is 7.96. The maximum absolute atomic E-state index is 13.0. The summed E-state index contributed by atoms with van der Waals surface area (Å²) in [7, 11) is -4.95. The molecule has 0 bridgehead atoms. The second-order valence-electron chi connectivity index (χ2n) is 7.26. The van der Waals surface area contributed by atoms with E-state index in [4.69, 9.17) is 16.3 Å². The van der Waals surface area contributed by atoms with Crippen molar-refractivity contribution in [2.75, 3.05) is 36.8 Å². The van der Waals surface area contributed by atoms with E-state index in [0.717, 1.165) is 4.31 Å². The molecule has 3 rings (SSSR count). The molecule has 1 aliphatic heterocycles. The number of thiophene rings is 1. The molecular formula is C18H24ClN3O5S3. The maximum Gasteiger partial charge on any atom is 0.271 e. The SMILES string of the molecule is CC1CN(c2c(Cl)cccc2NS(=O)(=O)c2ccc(S(=O)(=O)N(C)C)s2)CC(C)O1. The number of morpholine rings is 1. The predicted molar refractivity (Wildman–Crippen MR) is 120 cm³/mol. The normalized spacial score (nSPS) is 20.5. The standard InChI is InChI=1S/C18H24ClN3O5S3/c1-12-10-22(11-13(2)27-12)18-14(19)6-5-7-15(18)20-29(23,24)16-8-9-17(28-16)30(25,26)21(3)4/h5-9,12-13,20H,10-11H2,1-4H3. The summed E-state index contributed by atoms with van der Waals surface area (Å²) in [6.07, 6.45) is -0.0730. The minimum Gasteiger partial charge on any atom is -0.372 e. The predicted octanol–water partition coefficient (Wildman–Crippen LogP) is 3.07. The van der Waals surface area contributed by atoms with Crippen LogP contribution in [-0.2, 0) is 24.8 Å². The van der Waals surface area contributed by atoms with Crippen LogP contribution in [0.4, 0.5) is 11.4 Å².